The Kier molecular flexibility index (Phi) is 3.15. The molecular weight excluding hydrogens is 245 g/mol. The van der Waals surface area contributed by atoms with E-state index in [0.29, 0.717) is 10.6 Å². The molecule has 2 amide bonds. The van der Waals surface area contributed by atoms with E-state index in [-0.39, 0.29) is 18.2 Å². The van der Waals surface area contributed by atoms with E-state index < -0.39 is 17.7 Å². The number of benzene rings is 1. The van der Waals surface area contributed by atoms with Crippen molar-refractivity contribution in [1.82, 2.24) is 5.32 Å². The minimum Gasteiger partial charge on any atom is -0.296 e. The normalized spacial score (nSPS) is 24.6. The summed E-state index contributed by atoms with van der Waals surface area (Å²) in [6, 6.07) is 4.17. The highest BCUT2D eigenvalue weighted by Gasteiger charge is 2.34. The van der Waals surface area contributed by atoms with Gasteiger partial charge in [-0.15, -0.1) is 0 Å². The van der Waals surface area contributed by atoms with Crippen molar-refractivity contribution >= 4 is 23.4 Å². The Morgan fingerprint density at radius 3 is 2.82 bits per heavy atom. The van der Waals surface area contributed by atoms with Crippen LogP contribution in [0.3, 0.4) is 0 Å². The number of piperidine rings is 1. The minimum absolute atomic E-state index is 0.101. The van der Waals surface area contributed by atoms with Crippen molar-refractivity contribution in [3.05, 3.63) is 34.6 Å². The summed E-state index contributed by atoms with van der Waals surface area (Å²) in [5.41, 5.74) is 0.327. The minimum atomic E-state index is -0.449. The molecule has 2 atom stereocenters. The van der Waals surface area contributed by atoms with E-state index in [4.69, 9.17) is 11.6 Å². The number of carbonyl (C=O) groups is 2. The molecule has 3 nitrogen and oxygen atoms in total. The molecule has 0 spiro atoms. The Balaban J connectivity index is 2.40. The van der Waals surface area contributed by atoms with Crippen LogP contribution in [0.5, 0.6) is 0 Å². The van der Waals surface area contributed by atoms with Crippen LogP contribution in [0.1, 0.15) is 24.8 Å². The molecule has 1 heterocycles. The molecule has 90 valence electrons. The van der Waals surface area contributed by atoms with E-state index in [0.717, 1.165) is 0 Å². The van der Waals surface area contributed by atoms with Gasteiger partial charge in [-0.1, -0.05) is 18.5 Å². The van der Waals surface area contributed by atoms with Crippen LogP contribution in [0.4, 0.5) is 4.39 Å². The molecule has 1 N–H and O–H groups in total. The molecule has 2 unspecified atom stereocenters. The zero-order valence-corrected chi connectivity index (χ0v) is 9.92. The smallest absolute Gasteiger partial charge is 0.230 e. The molecule has 0 radical (unpaired) electrons. The highest BCUT2D eigenvalue weighted by Crippen LogP contribution is 2.33. The van der Waals surface area contributed by atoms with Gasteiger partial charge in [-0.25, -0.2) is 4.39 Å². The van der Waals surface area contributed by atoms with Crippen molar-refractivity contribution in [2.75, 3.05) is 0 Å². The number of hydrogen-bond acceptors (Lipinski definition) is 2. The standard InChI is InChI=1S/C12H11ClFNO2/c1-6-8(5-11(16)15-12(6)17)9-4-7(13)2-3-10(9)14/h2-4,6,8H,5H2,1H3,(H,15,16,17). The molecular formula is C12H11ClFNO2. The van der Waals surface area contributed by atoms with Crippen LogP contribution in [-0.2, 0) is 9.59 Å². The Hall–Kier alpha value is -1.42. The van der Waals surface area contributed by atoms with Gasteiger partial charge in [0.25, 0.3) is 0 Å². The zero-order chi connectivity index (χ0) is 12.6. The van der Waals surface area contributed by atoms with Gasteiger partial charge in [0, 0.05) is 23.3 Å². The third-order valence-corrected chi connectivity index (χ3v) is 3.28. The fourth-order valence-electron chi connectivity index (χ4n) is 2.04. The topological polar surface area (TPSA) is 46.2 Å². The van der Waals surface area contributed by atoms with E-state index in [1.165, 1.54) is 18.2 Å². The zero-order valence-electron chi connectivity index (χ0n) is 9.17. The summed E-state index contributed by atoms with van der Waals surface area (Å²) < 4.78 is 13.7. The van der Waals surface area contributed by atoms with Crippen LogP contribution < -0.4 is 5.32 Å². The molecule has 0 aliphatic carbocycles. The second-order valence-corrected chi connectivity index (χ2v) is 4.61. The van der Waals surface area contributed by atoms with Gasteiger partial charge in [-0.3, -0.25) is 14.9 Å². The second-order valence-electron chi connectivity index (χ2n) is 4.18. The van der Waals surface area contributed by atoms with Crippen LogP contribution in [0.25, 0.3) is 0 Å². The Morgan fingerprint density at radius 1 is 1.41 bits per heavy atom. The summed E-state index contributed by atoms with van der Waals surface area (Å²) in [5, 5.41) is 2.62. The fraction of sp³-hybridized carbons (Fsp3) is 0.333. The number of carbonyl (C=O) groups excluding carboxylic acids is 2. The summed E-state index contributed by atoms with van der Waals surface area (Å²) in [7, 11) is 0. The molecule has 1 aromatic carbocycles. The lowest BCUT2D eigenvalue weighted by molar-refractivity contribution is -0.136. The molecule has 1 aliphatic heterocycles. The van der Waals surface area contributed by atoms with Crippen molar-refractivity contribution in [2.45, 2.75) is 19.3 Å². The van der Waals surface area contributed by atoms with Gasteiger partial charge in [0.1, 0.15) is 5.82 Å². The highest BCUT2D eigenvalue weighted by molar-refractivity contribution is 6.30. The predicted molar refractivity (Wildman–Crippen MR) is 61.1 cm³/mol. The maximum atomic E-state index is 13.7. The van der Waals surface area contributed by atoms with Crippen LogP contribution in [0, 0.1) is 11.7 Å². The quantitative estimate of drug-likeness (QED) is 0.783. The number of rotatable bonds is 1. The number of hydrogen-bond donors (Lipinski definition) is 1. The monoisotopic (exact) mass is 255 g/mol. The van der Waals surface area contributed by atoms with Gasteiger partial charge in [0.15, 0.2) is 0 Å². The molecule has 1 aliphatic rings. The lowest BCUT2D eigenvalue weighted by Crippen LogP contribution is -2.43. The average Bonchev–Trinajstić information content (AvgIpc) is 2.27. The van der Waals surface area contributed by atoms with E-state index in [1.807, 2.05) is 0 Å². The Morgan fingerprint density at radius 2 is 2.12 bits per heavy atom. The summed E-state index contributed by atoms with van der Waals surface area (Å²) in [6.45, 7) is 1.67. The molecule has 5 heteroatoms. The number of amides is 2. The van der Waals surface area contributed by atoms with Crippen molar-refractivity contribution < 1.29 is 14.0 Å². The number of halogens is 2. The van der Waals surface area contributed by atoms with Gasteiger partial charge in [-0.05, 0) is 23.8 Å². The van der Waals surface area contributed by atoms with Crippen molar-refractivity contribution in [3.8, 4) is 0 Å². The summed E-state index contributed by atoms with van der Waals surface area (Å²) in [5.74, 6) is -2.08. The third-order valence-electron chi connectivity index (χ3n) is 3.04. The first-order valence-electron chi connectivity index (χ1n) is 5.27. The Bertz CT molecular complexity index is 489. The summed E-state index contributed by atoms with van der Waals surface area (Å²) in [6.07, 6.45) is 0.101. The molecule has 1 saturated heterocycles. The van der Waals surface area contributed by atoms with Gasteiger partial charge in [0.05, 0.1) is 0 Å². The van der Waals surface area contributed by atoms with Crippen molar-refractivity contribution in [1.29, 1.82) is 0 Å². The molecule has 2 rings (SSSR count). The summed E-state index contributed by atoms with van der Waals surface area (Å²) >= 11 is 5.80. The van der Waals surface area contributed by atoms with Gasteiger partial charge in [-0.2, -0.15) is 0 Å². The molecule has 1 fully saturated rings. The molecule has 0 saturated carbocycles. The molecule has 17 heavy (non-hydrogen) atoms. The van der Waals surface area contributed by atoms with E-state index in [2.05, 4.69) is 5.32 Å². The third kappa shape index (κ3) is 2.31. The number of nitrogens with one attached hydrogen (secondary N) is 1. The van der Waals surface area contributed by atoms with Crippen LogP contribution in [0.15, 0.2) is 18.2 Å². The van der Waals surface area contributed by atoms with E-state index in [1.54, 1.807) is 6.92 Å². The van der Waals surface area contributed by atoms with E-state index >= 15 is 0 Å². The first kappa shape index (κ1) is 12.0. The maximum absolute atomic E-state index is 13.7. The first-order chi connectivity index (χ1) is 7.99. The van der Waals surface area contributed by atoms with Gasteiger partial charge < -0.3 is 0 Å². The van der Waals surface area contributed by atoms with Crippen LogP contribution in [0.2, 0.25) is 5.02 Å². The molecule has 0 aromatic heterocycles. The molecule has 1 aromatic rings. The maximum Gasteiger partial charge on any atom is 0.230 e. The highest BCUT2D eigenvalue weighted by atomic mass is 35.5. The number of imide groups is 1. The van der Waals surface area contributed by atoms with Gasteiger partial charge in [0.2, 0.25) is 11.8 Å². The fourth-order valence-corrected chi connectivity index (χ4v) is 2.22. The van der Waals surface area contributed by atoms with E-state index in [9.17, 15) is 14.0 Å². The van der Waals surface area contributed by atoms with Crippen molar-refractivity contribution in [3.63, 3.8) is 0 Å². The average molecular weight is 256 g/mol. The predicted octanol–water partition coefficient (Wildman–Crippen LogP) is 2.25. The largest absolute Gasteiger partial charge is 0.296 e. The van der Waals surface area contributed by atoms with Crippen LogP contribution in [-0.4, -0.2) is 11.8 Å². The van der Waals surface area contributed by atoms with Crippen molar-refractivity contribution in [2.24, 2.45) is 5.92 Å². The summed E-state index contributed by atoms with van der Waals surface area (Å²) in [4.78, 5) is 22.8. The van der Waals surface area contributed by atoms with Gasteiger partial charge >= 0.3 is 0 Å². The SMILES string of the molecule is CC1C(=O)NC(=O)CC1c1cc(Cl)ccc1F. The lowest BCUT2D eigenvalue weighted by atomic mass is 9.81. The van der Waals surface area contributed by atoms with Crippen LogP contribution >= 0.6 is 11.6 Å². The lowest BCUT2D eigenvalue weighted by Gasteiger charge is -2.28. The first-order valence-corrected chi connectivity index (χ1v) is 5.65. The second kappa shape index (κ2) is 4.45. The molecule has 0 bridgehead atoms. The Labute approximate surface area is 103 Å².